The molecule has 0 atom stereocenters. The van der Waals surface area contributed by atoms with Gasteiger partial charge in [0.2, 0.25) is 0 Å². The van der Waals surface area contributed by atoms with Gasteiger partial charge in [0.25, 0.3) is 0 Å². The summed E-state index contributed by atoms with van der Waals surface area (Å²) in [5.74, 6) is 63.0. The van der Waals surface area contributed by atoms with Crippen LogP contribution in [0.5, 0.6) is 0 Å². The van der Waals surface area contributed by atoms with Crippen LogP contribution < -0.4 is 0 Å². The van der Waals surface area contributed by atoms with E-state index in [1.807, 2.05) is 36.4 Å². The minimum atomic E-state index is -1.67. The molecule has 0 saturated carbocycles. The van der Waals surface area contributed by atoms with E-state index in [0.29, 0.717) is 0 Å². The van der Waals surface area contributed by atoms with Crippen molar-refractivity contribution in [2.24, 2.45) is 0 Å². The maximum absolute atomic E-state index is 3.55. The molecule has 6 aromatic rings. The lowest BCUT2D eigenvalue weighted by Crippen LogP contribution is -2.16. The van der Waals surface area contributed by atoms with Gasteiger partial charge in [0, 0.05) is 100 Å². The summed E-state index contributed by atoms with van der Waals surface area (Å²) < 4.78 is 0. The first kappa shape index (κ1) is 74.4. The first-order valence-corrected chi connectivity index (χ1v) is 60.1. The maximum atomic E-state index is 3.55. The highest BCUT2D eigenvalue weighted by Gasteiger charge is 2.15. The molecule has 0 aromatic heterocycles. The summed E-state index contributed by atoms with van der Waals surface area (Å²) in [6, 6.07) is 37.2. The zero-order chi connectivity index (χ0) is 69.5. The molecule has 6 aromatic carbocycles. The quantitative estimate of drug-likeness (QED) is 0.105. The van der Waals surface area contributed by atoms with Crippen LogP contribution in [0.3, 0.4) is 0 Å². The minimum Gasteiger partial charge on any atom is -0.127 e. The normalized spacial score (nSPS) is 10.9. The Hall–Kier alpha value is -8.66. The molecule has 94 heavy (non-hydrogen) atoms. The van der Waals surface area contributed by atoms with Gasteiger partial charge in [-0.25, -0.2) is 0 Å². The number of benzene rings is 6. The molecule has 8 heteroatoms. The second-order valence-corrected chi connectivity index (χ2v) is 70.0. The van der Waals surface area contributed by atoms with E-state index < -0.39 is 64.6 Å². The van der Waals surface area contributed by atoms with Crippen molar-refractivity contribution in [2.75, 3.05) is 0 Å². The van der Waals surface area contributed by atoms with Gasteiger partial charge >= 0.3 is 0 Å². The van der Waals surface area contributed by atoms with Crippen molar-refractivity contribution in [3.63, 3.8) is 0 Å². The average molecular weight is 1350 g/mol. The average Bonchev–Trinajstić information content (AvgIpc) is 0.877. The molecule has 0 aliphatic heterocycles. The Bertz CT molecular complexity index is 4060. The number of hydrogen-bond donors (Lipinski definition) is 0. The standard InChI is InChI=1S/C86H90Si8/c1-87(2,3)43-35-79-57-75(58-80(65-79)36-44-88(4,5)6)31-27-71-51-69(52-72(55-71)28-32-76-59-81(37-45-89(7,8)9)66-82(60-76)38-46-90(10,11)12)25-26-70-53-73(29-33-77-61-83(39-47-91(13,14)15)67-84(62-77)40-48-92(16,17)18)56-74(54-70)30-34-78-63-85(41-49-93(19,20)21)68-86(64-78)42-50-94(22,23)24/h51-68H,1-24H3. The summed E-state index contributed by atoms with van der Waals surface area (Å²) in [4.78, 5) is 0. The Morgan fingerprint density at radius 1 is 0.117 bits per heavy atom. The first-order chi connectivity index (χ1) is 43.4. The Morgan fingerprint density at radius 3 is 0.245 bits per heavy atom. The minimum absolute atomic E-state index is 0.750. The van der Waals surface area contributed by atoms with E-state index in [0.717, 1.165) is 100 Å². The fourth-order valence-corrected chi connectivity index (χ4v) is 12.0. The molecule has 0 bridgehead atoms. The van der Waals surface area contributed by atoms with Crippen LogP contribution in [-0.4, -0.2) is 64.6 Å². The van der Waals surface area contributed by atoms with Gasteiger partial charge in [0.1, 0.15) is 64.6 Å². The molecule has 0 spiro atoms. The molecule has 6 rings (SSSR count). The fourth-order valence-electron chi connectivity index (χ4n) is 7.86. The summed E-state index contributed by atoms with van der Waals surface area (Å²) in [5, 5.41) is 0. The smallest absolute Gasteiger partial charge is 0.127 e. The van der Waals surface area contributed by atoms with Crippen LogP contribution in [0.15, 0.2) is 109 Å². The van der Waals surface area contributed by atoms with Gasteiger partial charge in [-0.1, -0.05) is 264 Å². The SMILES string of the molecule is C[Si](C)(C)C#Cc1cc(C#Cc2cc(C#Cc3cc(C#Cc4cc(C#C[Si](C)(C)C)cc(C#C[Si](C)(C)C)c4)cc(C#Cc4cc(C#C[Si](C)(C)C)cc(C#C[Si](C)(C)C)c4)c3)cc(C#Cc3cc(C#C[Si](C)(C)C)cc(C#C[Si](C)(C)C)c3)c2)cc(C#C[Si](C)(C)C)c1. The van der Waals surface area contributed by atoms with E-state index >= 15 is 0 Å². The summed E-state index contributed by atoms with van der Waals surface area (Å²) >= 11 is 0. The van der Waals surface area contributed by atoms with E-state index in [9.17, 15) is 0 Å². The zero-order valence-electron chi connectivity index (χ0n) is 60.4. The Labute approximate surface area is 577 Å². The van der Waals surface area contributed by atoms with Crippen LogP contribution in [0.25, 0.3) is 0 Å². The van der Waals surface area contributed by atoms with Gasteiger partial charge in [-0.2, -0.15) is 0 Å². The van der Waals surface area contributed by atoms with Gasteiger partial charge in [0.15, 0.2) is 0 Å². The molecule has 0 aliphatic carbocycles. The van der Waals surface area contributed by atoms with Crippen LogP contribution in [0, 0.1) is 151 Å². The topological polar surface area (TPSA) is 0 Å². The second kappa shape index (κ2) is 31.1. The van der Waals surface area contributed by atoms with Crippen molar-refractivity contribution in [2.45, 2.75) is 157 Å². The van der Waals surface area contributed by atoms with Crippen molar-refractivity contribution in [3.05, 3.63) is 209 Å². The molecule has 0 heterocycles. The van der Waals surface area contributed by atoms with Gasteiger partial charge < -0.3 is 0 Å². The predicted octanol–water partition coefficient (Wildman–Crippen LogP) is 18.5. The molecule has 466 valence electrons. The Morgan fingerprint density at radius 2 is 0.181 bits per heavy atom. The summed E-state index contributed by atoms with van der Waals surface area (Å²) in [7, 11) is -13.4. The van der Waals surface area contributed by atoms with Crippen LogP contribution in [0.4, 0.5) is 0 Å². The third kappa shape index (κ3) is 30.4. The van der Waals surface area contributed by atoms with Crippen molar-refractivity contribution < 1.29 is 0 Å². The predicted molar refractivity (Wildman–Crippen MR) is 430 cm³/mol. The third-order valence-corrected chi connectivity index (χ3v) is 19.0. The highest BCUT2D eigenvalue weighted by molar-refractivity contribution is 6.86. The monoisotopic (exact) mass is 1350 g/mol. The maximum Gasteiger partial charge on any atom is 0.129 e. The van der Waals surface area contributed by atoms with Crippen LogP contribution in [0.1, 0.15) is 100 Å². The molecule has 0 saturated heterocycles. The largest absolute Gasteiger partial charge is 0.129 e. The van der Waals surface area contributed by atoms with Crippen LogP contribution in [-0.2, 0) is 0 Å². The molecule has 0 radical (unpaired) electrons. The molecule has 0 nitrogen and oxygen atoms in total. The highest BCUT2D eigenvalue weighted by Crippen LogP contribution is 2.19. The van der Waals surface area contributed by atoms with Gasteiger partial charge in [-0.3, -0.25) is 0 Å². The molecule has 0 unspecified atom stereocenters. The molecule has 0 aliphatic rings. The third-order valence-electron chi connectivity index (χ3n) is 12.0. The van der Waals surface area contributed by atoms with E-state index in [-0.39, 0.29) is 0 Å². The number of hydrogen-bond acceptors (Lipinski definition) is 0. The van der Waals surface area contributed by atoms with Gasteiger partial charge in [0.05, 0.1) is 0 Å². The zero-order valence-corrected chi connectivity index (χ0v) is 68.4. The van der Waals surface area contributed by atoms with Crippen molar-refractivity contribution in [1.29, 1.82) is 0 Å². The van der Waals surface area contributed by atoms with Crippen molar-refractivity contribution in [1.82, 2.24) is 0 Å². The lowest BCUT2D eigenvalue weighted by atomic mass is 10.0. The van der Waals surface area contributed by atoms with E-state index in [4.69, 9.17) is 0 Å². The lowest BCUT2D eigenvalue weighted by Gasteiger charge is -2.05. The number of rotatable bonds is 0. The van der Waals surface area contributed by atoms with Crippen molar-refractivity contribution in [3.8, 4) is 151 Å². The van der Waals surface area contributed by atoms with E-state index in [1.54, 1.807) is 0 Å². The van der Waals surface area contributed by atoms with Gasteiger partial charge in [-0.05, 0) is 109 Å². The van der Waals surface area contributed by atoms with E-state index in [2.05, 4.69) is 381 Å². The molecular formula is C86H90Si8. The van der Waals surface area contributed by atoms with Gasteiger partial charge in [-0.15, -0.1) is 44.3 Å². The van der Waals surface area contributed by atoms with E-state index in [1.165, 1.54) is 0 Å². The summed E-state index contributed by atoms with van der Waals surface area (Å²) in [6.45, 7) is 54.2. The summed E-state index contributed by atoms with van der Waals surface area (Å²) in [5.41, 5.74) is 43.6. The first-order valence-electron chi connectivity index (χ1n) is 32.1. The molecule has 0 amide bonds. The molecule has 0 N–H and O–H groups in total. The lowest BCUT2D eigenvalue weighted by molar-refractivity contribution is 1.52. The second-order valence-electron chi connectivity index (χ2n) is 32.0. The Kier molecular flexibility index (Phi) is 24.6. The van der Waals surface area contributed by atoms with Crippen LogP contribution >= 0.6 is 0 Å². The van der Waals surface area contributed by atoms with Crippen LogP contribution in [0.2, 0.25) is 157 Å². The fraction of sp³-hybridized carbons (Fsp3) is 0.279. The molecule has 0 fully saturated rings. The summed E-state index contributed by atoms with van der Waals surface area (Å²) in [6.07, 6.45) is 0. The Balaban J connectivity index is 1.63. The molecular weight excluding hydrogens is 1260 g/mol. The highest BCUT2D eigenvalue weighted by atomic mass is 28.3. The van der Waals surface area contributed by atoms with Crippen molar-refractivity contribution >= 4 is 64.6 Å².